The van der Waals surface area contributed by atoms with Crippen molar-refractivity contribution < 1.29 is 13.9 Å². The van der Waals surface area contributed by atoms with Crippen molar-refractivity contribution in [1.82, 2.24) is 5.32 Å². The van der Waals surface area contributed by atoms with E-state index < -0.39 is 5.97 Å². The summed E-state index contributed by atoms with van der Waals surface area (Å²) in [5.74, 6) is 0.460. The number of aryl methyl sites for hydroxylation is 1. The molecule has 0 amide bonds. The third kappa shape index (κ3) is 5.26. The second-order valence-corrected chi connectivity index (χ2v) is 5.57. The molecule has 2 N–H and O–H groups in total. The molecule has 7 heteroatoms. The number of ether oxygens (including phenoxy) is 1. The Kier molecular flexibility index (Phi) is 6.43. The minimum Gasteiger partial charge on any atom is -0.469 e. The summed E-state index contributed by atoms with van der Waals surface area (Å²) in [6, 6.07) is 8.78. The summed E-state index contributed by atoms with van der Waals surface area (Å²) in [5, 5.41) is 6.92. The van der Waals surface area contributed by atoms with Crippen LogP contribution < -0.4 is 10.6 Å². The van der Waals surface area contributed by atoms with Crippen molar-refractivity contribution in [2.45, 2.75) is 12.8 Å². The highest BCUT2D eigenvalue weighted by Crippen LogP contribution is 2.21. The molecule has 0 fully saturated rings. The van der Waals surface area contributed by atoms with Gasteiger partial charge in [-0.2, -0.15) is 0 Å². The highest BCUT2D eigenvalue weighted by atomic mass is 35.5. The van der Waals surface area contributed by atoms with Crippen molar-refractivity contribution in [3.05, 3.63) is 52.9 Å². The number of anilines is 1. The lowest BCUT2D eigenvalue weighted by Crippen LogP contribution is -2.29. The first-order chi connectivity index (χ1) is 11.1. The Hall–Kier alpha value is -2.05. The fourth-order valence-electron chi connectivity index (χ4n) is 1.96. The number of thiocarbonyl (C=S) groups is 1. The summed E-state index contributed by atoms with van der Waals surface area (Å²) in [6.45, 7) is 0.712. The van der Waals surface area contributed by atoms with Gasteiger partial charge in [0.2, 0.25) is 0 Å². The topological polar surface area (TPSA) is 63.5 Å². The smallest absolute Gasteiger partial charge is 0.339 e. The molecule has 122 valence electrons. The molecule has 5 nitrogen and oxygen atoms in total. The Balaban J connectivity index is 1.81. The molecule has 1 heterocycles. The summed E-state index contributed by atoms with van der Waals surface area (Å²) in [5.41, 5.74) is 0.957. The Morgan fingerprint density at radius 3 is 2.91 bits per heavy atom. The number of benzene rings is 1. The first-order valence-electron chi connectivity index (χ1n) is 7.05. The highest BCUT2D eigenvalue weighted by Gasteiger charge is 2.11. The van der Waals surface area contributed by atoms with Gasteiger partial charge in [-0.15, -0.1) is 0 Å². The minimum absolute atomic E-state index is 0.291. The SMILES string of the molecule is COC(=O)c1cc(NC(=S)NCCCc2ccco2)ccc1Cl. The number of rotatable bonds is 6. The molecule has 1 aromatic heterocycles. The zero-order chi connectivity index (χ0) is 16.7. The first-order valence-corrected chi connectivity index (χ1v) is 7.84. The number of nitrogens with one attached hydrogen (secondary N) is 2. The molecule has 0 bridgehead atoms. The minimum atomic E-state index is -0.490. The lowest BCUT2D eigenvalue weighted by atomic mass is 10.2. The maximum absolute atomic E-state index is 11.6. The lowest BCUT2D eigenvalue weighted by Gasteiger charge is -2.11. The molecule has 0 spiro atoms. The van der Waals surface area contributed by atoms with Crippen LogP contribution in [0.3, 0.4) is 0 Å². The first kappa shape index (κ1) is 17.3. The summed E-state index contributed by atoms with van der Waals surface area (Å²) in [4.78, 5) is 11.6. The third-order valence-corrected chi connectivity index (χ3v) is 3.67. The van der Waals surface area contributed by atoms with Gasteiger partial charge in [-0.05, 0) is 49.0 Å². The molecule has 1 aromatic carbocycles. The molecule has 0 saturated heterocycles. The quantitative estimate of drug-likeness (QED) is 0.470. The van der Waals surface area contributed by atoms with Crippen molar-refractivity contribution >= 4 is 40.6 Å². The van der Waals surface area contributed by atoms with Gasteiger partial charge in [-0.1, -0.05) is 11.6 Å². The second kappa shape index (κ2) is 8.55. The zero-order valence-electron chi connectivity index (χ0n) is 12.6. The average molecular weight is 353 g/mol. The van der Waals surface area contributed by atoms with Gasteiger partial charge in [0.05, 0.1) is 24.0 Å². The fraction of sp³-hybridized carbons (Fsp3) is 0.250. The van der Waals surface area contributed by atoms with Crippen LogP contribution in [0.25, 0.3) is 0 Å². The van der Waals surface area contributed by atoms with E-state index in [9.17, 15) is 4.79 Å². The summed E-state index contributed by atoms with van der Waals surface area (Å²) >= 11 is 11.2. The number of carbonyl (C=O) groups excluding carboxylic acids is 1. The molecular formula is C16H17ClN2O3S. The molecule has 0 atom stereocenters. The maximum Gasteiger partial charge on any atom is 0.339 e. The largest absolute Gasteiger partial charge is 0.469 e. The van der Waals surface area contributed by atoms with Gasteiger partial charge >= 0.3 is 5.97 Å². The Morgan fingerprint density at radius 2 is 2.22 bits per heavy atom. The van der Waals surface area contributed by atoms with E-state index in [0.29, 0.717) is 27.9 Å². The number of esters is 1. The van der Waals surface area contributed by atoms with Crippen LogP contribution in [0.15, 0.2) is 41.0 Å². The normalized spacial score (nSPS) is 10.2. The predicted octanol–water partition coefficient (Wildman–Crippen LogP) is 3.64. The number of methoxy groups -OCH3 is 1. The fourth-order valence-corrected chi connectivity index (χ4v) is 2.38. The predicted molar refractivity (Wildman–Crippen MR) is 94.0 cm³/mol. The standard InChI is InChI=1S/C16H17ClN2O3S/c1-21-15(20)13-10-11(6-7-14(13)17)19-16(23)18-8-2-4-12-5-3-9-22-12/h3,5-7,9-10H,2,4,8H2,1H3,(H2,18,19,23). The van der Waals surface area contributed by atoms with Crippen LogP contribution in [-0.2, 0) is 11.2 Å². The van der Waals surface area contributed by atoms with Crippen molar-refractivity contribution in [2.24, 2.45) is 0 Å². The monoisotopic (exact) mass is 352 g/mol. The Labute approximate surface area is 145 Å². The number of hydrogen-bond acceptors (Lipinski definition) is 4. The van der Waals surface area contributed by atoms with Crippen molar-refractivity contribution in [3.8, 4) is 0 Å². The van der Waals surface area contributed by atoms with Gasteiger partial charge in [-0.25, -0.2) is 4.79 Å². The molecule has 0 unspecified atom stereocenters. The van der Waals surface area contributed by atoms with E-state index in [-0.39, 0.29) is 0 Å². The van der Waals surface area contributed by atoms with E-state index in [1.54, 1.807) is 24.5 Å². The molecule has 2 rings (SSSR count). The van der Waals surface area contributed by atoms with E-state index in [0.717, 1.165) is 18.6 Å². The van der Waals surface area contributed by atoms with Gasteiger partial charge < -0.3 is 19.8 Å². The molecular weight excluding hydrogens is 336 g/mol. The van der Waals surface area contributed by atoms with Crippen LogP contribution >= 0.6 is 23.8 Å². The van der Waals surface area contributed by atoms with Crippen LogP contribution in [0.1, 0.15) is 22.5 Å². The van der Waals surface area contributed by atoms with E-state index >= 15 is 0 Å². The van der Waals surface area contributed by atoms with Gasteiger partial charge in [-0.3, -0.25) is 0 Å². The lowest BCUT2D eigenvalue weighted by molar-refractivity contribution is 0.0601. The number of carbonyl (C=O) groups is 1. The highest BCUT2D eigenvalue weighted by molar-refractivity contribution is 7.80. The van der Waals surface area contributed by atoms with Gasteiger partial charge in [0.1, 0.15) is 5.76 Å². The summed E-state index contributed by atoms with van der Waals surface area (Å²) < 4.78 is 9.94. The van der Waals surface area contributed by atoms with Crippen LogP contribution in [0.2, 0.25) is 5.02 Å². The van der Waals surface area contributed by atoms with Crippen molar-refractivity contribution in [1.29, 1.82) is 0 Å². The molecule has 0 aliphatic rings. The molecule has 0 aliphatic heterocycles. The van der Waals surface area contributed by atoms with E-state index in [1.807, 2.05) is 12.1 Å². The van der Waals surface area contributed by atoms with E-state index in [1.165, 1.54) is 7.11 Å². The van der Waals surface area contributed by atoms with Gasteiger partial charge in [0, 0.05) is 18.7 Å². The van der Waals surface area contributed by atoms with Crippen LogP contribution in [-0.4, -0.2) is 24.7 Å². The van der Waals surface area contributed by atoms with Crippen molar-refractivity contribution in [3.63, 3.8) is 0 Å². The molecule has 23 heavy (non-hydrogen) atoms. The summed E-state index contributed by atoms with van der Waals surface area (Å²) in [7, 11) is 1.31. The third-order valence-electron chi connectivity index (χ3n) is 3.10. The molecule has 0 radical (unpaired) electrons. The Morgan fingerprint density at radius 1 is 1.39 bits per heavy atom. The van der Waals surface area contributed by atoms with Gasteiger partial charge in [0.15, 0.2) is 5.11 Å². The van der Waals surface area contributed by atoms with Crippen molar-refractivity contribution in [2.75, 3.05) is 19.0 Å². The molecule has 0 saturated carbocycles. The number of hydrogen-bond donors (Lipinski definition) is 2. The molecule has 2 aromatic rings. The maximum atomic E-state index is 11.6. The number of halogens is 1. The Bertz CT molecular complexity index is 674. The van der Waals surface area contributed by atoms with Crippen LogP contribution in [0.5, 0.6) is 0 Å². The van der Waals surface area contributed by atoms with E-state index in [2.05, 4.69) is 15.4 Å². The molecule has 0 aliphatic carbocycles. The summed E-state index contributed by atoms with van der Waals surface area (Å²) in [6.07, 6.45) is 3.40. The second-order valence-electron chi connectivity index (χ2n) is 4.75. The van der Waals surface area contributed by atoms with Gasteiger partial charge in [0.25, 0.3) is 0 Å². The van der Waals surface area contributed by atoms with Crippen LogP contribution in [0, 0.1) is 0 Å². The van der Waals surface area contributed by atoms with E-state index in [4.69, 9.17) is 28.2 Å². The zero-order valence-corrected chi connectivity index (χ0v) is 14.2. The average Bonchev–Trinajstić information content (AvgIpc) is 3.06. The van der Waals surface area contributed by atoms with Crippen LogP contribution in [0.4, 0.5) is 5.69 Å². The number of furan rings is 1.